The molecule has 3 fully saturated rings. The first-order valence-corrected chi connectivity index (χ1v) is 16.2. The van der Waals surface area contributed by atoms with Gasteiger partial charge in [0.05, 0.1) is 11.0 Å². The molecule has 0 radical (unpaired) electrons. The number of amides is 2. The Hall–Kier alpha value is -4.04. The molecule has 2 unspecified atom stereocenters. The van der Waals surface area contributed by atoms with Crippen molar-refractivity contribution in [1.29, 1.82) is 0 Å². The van der Waals surface area contributed by atoms with E-state index in [2.05, 4.69) is 81.3 Å². The van der Waals surface area contributed by atoms with Crippen LogP contribution in [0.1, 0.15) is 79.7 Å². The van der Waals surface area contributed by atoms with Crippen molar-refractivity contribution in [2.75, 3.05) is 25.0 Å². The fourth-order valence-corrected chi connectivity index (χ4v) is 8.40. The molecule has 4 aromatic rings. The number of aryl methyl sites for hydroxylation is 1. The summed E-state index contributed by atoms with van der Waals surface area (Å²) in [7, 11) is 0. The quantitative estimate of drug-likeness (QED) is 0.280. The number of imidazole rings is 1. The molecule has 8 heteroatoms. The number of rotatable bonds is 7. The van der Waals surface area contributed by atoms with E-state index in [-0.39, 0.29) is 17.2 Å². The van der Waals surface area contributed by atoms with Gasteiger partial charge in [-0.2, -0.15) is 0 Å². The number of anilines is 1. The average molecular weight is 591 g/mol. The van der Waals surface area contributed by atoms with Crippen LogP contribution in [0.15, 0.2) is 72.9 Å². The summed E-state index contributed by atoms with van der Waals surface area (Å²) in [6.45, 7) is 6.13. The van der Waals surface area contributed by atoms with Crippen molar-refractivity contribution in [2.45, 2.75) is 82.3 Å². The van der Waals surface area contributed by atoms with Crippen LogP contribution in [-0.2, 0) is 10.2 Å². The molecule has 0 spiro atoms. The van der Waals surface area contributed by atoms with Gasteiger partial charge in [-0.05, 0) is 93.7 Å². The molecule has 0 saturated carbocycles. The third-order valence-electron chi connectivity index (χ3n) is 10.6. The van der Waals surface area contributed by atoms with Gasteiger partial charge in [-0.3, -0.25) is 14.5 Å². The summed E-state index contributed by atoms with van der Waals surface area (Å²) in [5.41, 5.74) is 4.38. The number of fused-ring (bicyclic) bond motifs is 3. The number of aromatic nitrogens is 3. The van der Waals surface area contributed by atoms with E-state index in [0.29, 0.717) is 42.6 Å². The molecule has 8 nitrogen and oxygen atoms in total. The number of likely N-dealkylation sites (tertiary alicyclic amines) is 1. The van der Waals surface area contributed by atoms with Crippen molar-refractivity contribution in [3.05, 3.63) is 89.9 Å². The summed E-state index contributed by atoms with van der Waals surface area (Å²) in [6, 6.07) is 24.7. The Balaban J connectivity index is 1.05. The van der Waals surface area contributed by atoms with Gasteiger partial charge in [-0.1, -0.05) is 42.5 Å². The maximum Gasteiger partial charge on any atom is 0.254 e. The number of carbonyl (C=O) groups excluding carboxylic acids is 2. The van der Waals surface area contributed by atoms with Gasteiger partial charge in [0, 0.05) is 49.9 Å². The second-order valence-electron chi connectivity index (χ2n) is 13.1. The van der Waals surface area contributed by atoms with E-state index in [1.807, 2.05) is 4.90 Å². The zero-order valence-electron chi connectivity index (χ0n) is 25.8. The minimum atomic E-state index is -0.198. The fourth-order valence-electron chi connectivity index (χ4n) is 8.40. The predicted molar refractivity (Wildman–Crippen MR) is 173 cm³/mol. The first-order valence-electron chi connectivity index (χ1n) is 16.2. The normalized spacial score (nSPS) is 23.1. The number of hydrogen-bond acceptors (Lipinski definition) is 5. The van der Waals surface area contributed by atoms with E-state index in [1.54, 1.807) is 18.3 Å². The standard InChI is InChI=1S/C36H42N6O2/c1-25-38-32-10-6-7-11-33(32)42(25)31-23-29-12-13-30(24-31)41(29)21-17-36(28-8-4-3-5-9-28)15-19-40(20-16-36)35(44)27-14-18-37-34(22-27)39-26(2)43/h3-11,14,18,22,29-31H,12-13,15-17,19-21,23-24H2,1-2H3,(H,37,39,43). The van der Waals surface area contributed by atoms with Crippen LogP contribution >= 0.6 is 0 Å². The minimum absolute atomic E-state index is 0.00287. The number of nitrogens with zero attached hydrogens (tertiary/aromatic N) is 5. The topological polar surface area (TPSA) is 83.4 Å². The Morgan fingerprint density at radius 1 is 0.932 bits per heavy atom. The molecular formula is C36H42N6O2. The molecule has 2 amide bonds. The van der Waals surface area contributed by atoms with Crippen LogP contribution in [-0.4, -0.2) is 67.9 Å². The zero-order chi connectivity index (χ0) is 30.3. The third-order valence-corrected chi connectivity index (χ3v) is 10.6. The summed E-state index contributed by atoms with van der Waals surface area (Å²) >= 11 is 0. The molecule has 7 rings (SSSR count). The van der Waals surface area contributed by atoms with E-state index >= 15 is 0 Å². The third kappa shape index (κ3) is 5.40. The lowest BCUT2D eigenvalue weighted by Gasteiger charge is -2.45. The molecule has 2 atom stereocenters. The van der Waals surface area contributed by atoms with Crippen molar-refractivity contribution < 1.29 is 9.59 Å². The number of benzene rings is 2. The van der Waals surface area contributed by atoms with Crippen LogP contribution in [0.2, 0.25) is 0 Å². The molecule has 228 valence electrons. The van der Waals surface area contributed by atoms with Crippen molar-refractivity contribution in [1.82, 2.24) is 24.3 Å². The highest BCUT2D eigenvalue weighted by atomic mass is 16.2. The van der Waals surface area contributed by atoms with Gasteiger partial charge in [0.2, 0.25) is 5.91 Å². The van der Waals surface area contributed by atoms with Gasteiger partial charge in [-0.25, -0.2) is 9.97 Å². The average Bonchev–Trinajstić information content (AvgIpc) is 3.50. The maximum absolute atomic E-state index is 13.5. The summed E-state index contributed by atoms with van der Waals surface area (Å²) < 4.78 is 2.51. The smallest absolute Gasteiger partial charge is 0.254 e. The molecule has 2 aromatic heterocycles. The number of pyridine rings is 1. The zero-order valence-corrected chi connectivity index (χ0v) is 25.8. The SMILES string of the molecule is CC(=O)Nc1cc(C(=O)N2CCC(CCN3C4CCC3CC(n3c(C)nc5ccccc53)C4)(c3ccccc3)CC2)ccn1. The van der Waals surface area contributed by atoms with Crippen LogP contribution in [0.4, 0.5) is 5.82 Å². The van der Waals surface area contributed by atoms with Gasteiger partial charge in [0.15, 0.2) is 0 Å². The van der Waals surface area contributed by atoms with E-state index in [1.165, 1.54) is 43.7 Å². The summed E-state index contributed by atoms with van der Waals surface area (Å²) in [5, 5.41) is 2.69. The Morgan fingerprint density at radius 3 is 2.36 bits per heavy atom. The first kappa shape index (κ1) is 28.7. The van der Waals surface area contributed by atoms with Crippen LogP contribution in [0, 0.1) is 6.92 Å². The second-order valence-corrected chi connectivity index (χ2v) is 13.1. The summed E-state index contributed by atoms with van der Waals surface area (Å²) in [4.78, 5) is 38.8. The number of hydrogen-bond donors (Lipinski definition) is 1. The van der Waals surface area contributed by atoms with Gasteiger partial charge in [0.1, 0.15) is 11.6 Å². The molecule has 44 heavy (non-hydrogen) atoms. The fraction of sp³-hybridized carbons (Fsp3) is 0.444. The highest BCUT2D eigenvalue weighted by Gasteiger charge is 2.44. The summed E-state index contributed by atoms with van der Waals surface area (Å²) in [5.74, 6) is 1.35. The largest absolute Gasteiger partial charge is 0.339 e. The molecule has 2 bridgehead atoms. The highest BCUT2D eigenvalue weighted by Crippen LogP contribution is 2.45. The van der Waals surface area contributed by atoms with E-state index in [4.69, 9.17) is 4.98 Å². The number of para-hydroxylation sites is 2. The van der Waals surface area contributed by atoms with Gasteiger partial charge in [0.25, 0.3) is 5.91 Å². The van der Waals surface area contributed by atoms with Crippen molar-refractivity contribution >= 4 is 28.7 Å². The minimum Gasteiger partial charge on any atom is -0.339 e. The Kier molecular flexibility index (Phi) is 7.70. The molecule has 5 heterocycles. The summed E-state index contributed by atoms with van der Waals surface area (Å²) in [6.07, 6.45) is 9.50. The Bertz CT molecular complexity index is 1640. The number of nitrogens with one attached hydrogen (secondary N) is 1. The van der Waals surface area contributed by atoms with Gasteiger partial charge >= 0.3 is 0 Å². The number of piperidine rings is 2. The lowest BCUT2D eigenvalue weighted by molar-refractivity contribution is -0.114. The van der Waals surface area contributed by atoms with E-state index < -0.39 is 0 Å². The molecule has 3 saturated heterocycles. The second kappa shape index (κ2) is 11.8. The Labute approximate surface area is 259 Å². The Morgan fingerprint density at radius 2 is 1.64 bits per heavy atom. The van der Waals surface area contributed by atoms with E-state index in [9.17, 15) is 9.59 Å². The molecule has 3 aliphatic rings. The van der Waals surface area contributed by atoms with Crippen LogP contribution < -0.4 is 5.32 Å². The van der Waals surface area contributed by atoms with Gasteiger partial charge < -0.3 is 14.8 Å². The molecule has 3 aliphatic heterocycles. The lowest BCUT2D eigenvalue weighted by Crippen LogP contribution is -2.49. The van der Waals surface area contributed by atoms with Gasteiger partial charge in [-0.15, -0.1) is 0 Å². The number of carbonyl (C=O) groups is 2. The van der Waals surface area contributed by atoms with Crippen molar-refractivity contribution in [3.63, 3.8) is 0 Å². The predicted octanol–water partition coefficient (Wildman–Crippen LogP) is 6.13. The molecule has 1 N–H and O–H groups in total. The monoisotopic (exact) mass is 590 g/mol. The molecular weight excluding hydrogens is 548 g/mol. The highest BCUT2D eigenvalue weighted by molar-refractivity contribution is 5.96. The van der Waals surface area contributed by atoms with Crippen LogP contribution in [0.3, 0.4) is 0 Å². The lowest BCUT2D eigenvalue weighted by atomic mass is 9.70. The molecule has 0 aliphatic carbocycles. The van der Waals surface area contributed by atoms with Crippen LogP contribution in [0.5, 0.6) is 0 Å². The molecule has 2 aromatic carbocycles. The first-order chi connectivity index (χ1) is 21.4. The van der Waals surface area contributed by atoms with Crippen molar-refractivity contribution in [2.24, 2.45) is 0 Å². The van der Waals surface area contributed by atoms with Crippen molar-refractivity contribution in [3.8, 4) is 0 Å². The van der Waals surface area contributed by atoms with E-state index in [0.717, 1.165) is 37.1 Å². The van der Waals surface area contributed by atoms with Crippen LogP contribution in [0.25, 0.3) is 11.0 Å². The maximum atomic E-state index is 13.5.